The van der Waals surface area contributed by atoms with Crippen molar-refractivity contribution in [2.45, 2.75) is 83.3 Å². The van der Waals surface area contributed by atoms with Crippen LogP contribution < -0.4 is 21.7 Å². The number of carbonyl (C=O) groups excluding carboxylic acids is 3. The number of piperidine rings is 1. The first kappa shape index (κ1) is 30.5. The highest BCUT2D eigenvalue weighted by Gasteiger charge is 2.45. The van der Waals surface area contributed by atoms with Gasteiger partial charge in [-0.2, -0.15) is 10.0 Å². The van der Waals surface area contributed by atoms with Crippen molar-refractivity contribution < 1.29 is 24.3 Å². The molecule has 1 saturated heterocycles. The molecule has 14 nitrogen and oxygen atoms in total. The molecule has 3 heterocycles. The quantitative estimate of drug-likeness (QED) is 0.164. The zero-order chi connectivity index (χ0) is 30.5. The fourth-order valence-corrected chi connectivity index (χ4v) is 5.30. The SMILES string of the molecule is CC1(C)CC(NC(=O)CC[C@H](NC(=O)c2ccc(NCc3cnc4nc(N)ncc4n3)cc2)OC=O)CC(C)(C)N1O. The first-order valence-corrected chi connectivity index (χ1v) is 13.6. The number of aromatic nitrogens is 4. The van der Waals surface area contributed by atoms with Gasteiger partial charge in [0.05, 0.1) is 24.6 Å². The van der Waals surface area contributed by atoms with Gasteiger partial charge in [-0.1, -0.05) is 0 Å². The van der Waals surface area contributed by atoms with Gasteiger partial charge in [0, 0.05) is 41.2 Å². The summed E-state index contributed by atoms with van der Waals surface area (Å²) >= 11 is 0. The second-order valence-corrected chi connectivity index (χ2v) is 11.6. The summed E-state index contributed by atoms with van der Waals surface area (Å²) in [6, 6.07) is 6.59. The van der Waals surface area contributed by atoms with E-state index in [0.717, 1.165) is 5.69 Å². The number of hydrogen-bond donors (Lipinski definition) is 5. The Kier molecular flexibility index (Phi) is 9.17. The monoisotopic (exact) mass is 579 g/mol. The molecule has 1 aliphatic heterocycles. The molecule has 2 amide bonds. The van der Waals surface area contributed by atoms with Gasteiger partial charge in [0.25, 0.3) is 12.4 Å². The van der Waals surface area contributed by atoms with E-state index >= 15 is 0 Å². The number of carbonyl (C=O) groups is 3. The lowest BCUT2D eigenvalue weighted by molar-refractivity contribution is -0.246. The molecule has 0 bridgehead atoms. The smallest absolute Gasteiger partial charge is 0.295 e. The number of amides is 2. The molecule has 224 valence electrons. The molecule has 4 rings (SSSR count). The molecule has 0 spiro atoms. The predicted octanol–water partition coefficient (Wildman–Crippen LogP) is 2.15. The Balaban J connectivity index is 1.27. The molecule has 0 aliphatic carbocycles. The van der Waals surface area contributed by atoms with Gasteiger partial charge in [0.2, 0.25) is 11.9 Å². The Morgan fingerprint density at radius 1 is 1.12 bits per heavy atom. The van der Waals surface area contributed by atoms with Crippen LogP contribution in [-0.4, -0.2) is 71.8 Å². The average molecular weight is 580 g/mol. The first-order valence-electron chi connectivity index (χ1n) is 13.6. The highest BCUT2D eigenvalue weighted by atomic mass is 16.5. The van der Waals surface area contributed by atoms with Crippen molar-refractivity contribution in [3.05, 3.63) is 47.9 Å². The van der Waals surface area contributed by atoms with Crippen LogP contribution in [0.4, 0.5) is 11.6 Å². The van der Waals surface area contributed by atoms with E-state index in [1.54, 1.807) is 30.5 Å². The van der Waals surface area contributed by atoms with Gasteiger partial charge < -0.3 is 31.6 Å². The molecule has 3 aromatic rings. The Hall–Kier alpha value is -4.43. The maximum atomic E-state index is 12.8. The second-order valence-electron chi connectivity index (χ2n) is 11.6. The van der Waals surface area contributed by atoms with Crippen molar-refractivity contribution in [1.82, 2.24) is 35.6 Å². The molecule has 0 saturated carbocycles. The van der Waals surface area contributed by atoms with Gasteiger partial charge in [-0.3, -0.25) is 14.4 Å². The molecule has 6 N–H and O–H groups in total. The minimum atomic E-state index is -0.975. The number of fused-ring (bicyclic) bond motifs is 1. The molecule has 1 aliphatic rings. The number of nitrogen functional groups attached to an aromatic ring is 1. The summed E-state index contributed by atoms with van der Waals surface area (Å²) in [4.78, 5) is 53.2. The molecular formula is C28H37N9O5. The number of ether oxygens (including phenoxy) is 1. The summed E-state index contributed by atoms with van der Waals surface area (Å²) in [6.45, 7) is 8.31. The van der Waals surface area contributed by atoms with E-state index < -0.39 is 23.2 Å². The van der Waals surface area contributed by atoms with Crippen LogP contribution in [0.25, 0.3) is 11.2 Å². The molecule has 14 heteroatoms. The highest BCUT2D eigenvalue weighted by molar-refractivity contribution is 5.94. The van der Waals surface area contributed by atoms with Crippen molar-refractivity contribution >= 4 is 41.1 Å². The van der Waals surface area contributed by atoms with Crippen molar-refractivity contribution in [3.8, 4) is 0 Å². The van der Waals surface area contributed by atoms with Crippen molar-refractivity contribution in [2.75, 3.05) is 11.1 Å². The third-order valence-corrected chi connectivity index (χ3v) is 7.14. The second kappa shape index (κ2) is 12.6. The molecule has 0 radical (unpaired) electrons. The lowest BCUT2D eigenvalue weighted by atomic mass is 9.79. The molecule has 0 unspecified atom stereocenters. The number of benzene rings is 1. The van der Waals surface area contributed by atoms with E-state index in [2.05, 4.69) is 35.9 Å². The minimum absolute atomic E-state index is 0.0407. The summed E-state index contributed by atoms with van der Waals surface area (Å²) in [5, 5.41) is 20.7. The van der Waals surface area contributed by atoms with Gasteiger partial charge in [-0.05, 0) is 64.8 Å². The van der Waals surface area contributed by atoms with Crippen LogP contribution in [0.3, 0.4) is 0 Å². The minimum Gasteiger partial charge on any atom is -0.444 e. The number of rotatable bonds is 11. The number of nitrogens with zero attached hydrogens (tertiary/aromatic N) is 5. The summed E-state index contributed by atoms with van der Waals surface area (Å²) in [6.07, 6.45) is 3.43. The van der Waals surface area contributed by atoms with Crippen LogP contribution in [0.15, 0.2) is 36.7 Å². The van der Waals surface area contributed by atoms with E-state index in [-0.39, 0.29) is 37.2 Å². The Bertz CT molecular complexity index is 1410. The third kappa shape index (κ3) is 7.64. The van der Waals surface area contributed by atoms with Gasteiger partial charge in [0.1, 0.15) is 5.52 Å². The van der Waals surface area contributed by atoms with Crippen LogP contribution in [0, 0.1) is 0 Å². The van der Waals surface area contributed by atoms with Crippen molar-refractivity contribution in [2.24, 2.45) is 0 Å². The van der Waals surface area contributed by atoms with E-state index in [4.69, 9.17) is 10.5 Å². The van der Waals surface area contributed by atoms with E-state index in [1.165, 1.54) is 11.3 Å². The summed E-state index contributed by atoms with van der Waals surface area (Å²) in [5.41, 5.74) is 7.27. The van der Waals surface area contributed by atoms with E-state index in [1.807, 2.05) is 27.7 Å². The normalized spacial score (nSPS) is 17.3. The maximum absolute atomic E-state index is 12.8. The predicted molar refractivity (Wildman–Crippen MR) is 154 cm³/mol. The standard InChI is InChI=1S/C28H37N9O5/c1-27(2)11-19(12-28(3,4)37(27)41)34-22(39)9-10-23(42-16-38)35-25(40)17-5-7-18(8-6-17)30-13-20-14-31-24-21(33-20)15-32-26(29)36-24/h5-8,14-16,19,23,30,41H,9-13H2,1-4H3,(H,34,39)(H,35,40)(H2,29,31,32,36)/t23-/m1/s1. The molecule has 1 fully saturated rings. The topological polar surface area (TPSA) is 198 Å². The fourth-order valence-electron chi connectivity index (χ4n) is 5.30. The number of nitrogens with one attached hydrogen (secondary N) is 3. The molecule has 1 atom stereocenters. The number of hydroxylamine groups is 2. The highest BCUT2D eigenvalue weighted by Crippen LogP contribution is 2.36. The first-order chi connectivity index (χ1) is 19.9. The van der Waals surface area contributed by atoms with Crippen molar-refractivity contribution in [1.29, 1.82) is 0 Å². The third-order valence-electron chi connectivity index (χ3n) is 7.14. The van der Waals surface area contributed by atoms with Crippen LogP contribution in [0.5, 0.6) is 0 Å². The van der Waals surface area contributed by atoms with Gasteiger partial charge in [-0.25, -0.2) is 15.0 Å². The lowest BCUT2D eigenvalue weighted by Gasteiger charge is -2.51. The molecule has 1 aromatic carbocycles. The van der Waals surface area contributed by atoms with Gasteiger partial charge in [-0.15, -0.1) is 0 Å². The molecule has 2 aromatic heterocycles. The summed E-state index contributed by atoms with van der Waals surface area (Å²) in [5.74, 6) is -0.549. The molecule has 42 heavy (non-hydrogen) atoms. The number of nitrogens with two attached hydrogens (primary N) is 1. The fraction of sp³-hybridized carbons (Fsp3) is 0.464. The van der Waals surface area contributed by atoms with Gasteiger partial charge >= 0.3 is 0 Å². The van der Waals surface area contributed by atoms with Gasteiger partial charge in [0.15, 0.2) is 11.9 Å². The van der Waals surface area contributed by atoms with Crippen LogP contribution >= 0.6 is 0 Å². The van der Waals surface area contributed by atoms with E-state index in [9.17, 15) is 19.6 Å². The van der Waals surface area contributed by atoms with E-state index in [0.29, 0.717) is 41.8 Å². The number of anilines is 2. The summed E-state index contributed by atoms with van der Waals surface area (Å²) < 4.78 is 5.03. The maximum Gasteiger partial charge on any atom is 0.295 e. The Morgan fingerprint density at radius 3 is 2.48 bits per heavy atom. The van der Waals surface area contributed by atoms with Crippen LogP contribution in [-0.2, 0) is 20.9 Å². The Morgan fingerprint density at radius 2 is 1.81 bits per heavy atom. The van der Waals surface area contributed by atoms with Crippen LogP contribution in [0.2, 0.25) is 0 Å². The zero-order valence-corrected chi connectivity index (χ0v) is 24.1. The lowest BCUT2D eigenvalue weighted by Crippen LogP contribution is -2.62. The largest absolute Gasteiger partial charge is 0.444 e. The zero-order valence-electron chi connectivity index (χ0n) is 24.1. The molecular weight excluding hydrogens is 542 g/mol. The number of hydrogen-bond acceptors (Lipinski definition) is 12. The van der Waals surface area contributed by atoms with Crippen molar-refractivity contribution in [3.63, 3.8) is 0 Å². The Labute approximate surface area is 243 Å². The summed E-state index contributed by atoms with van der Waals surface area (Å²) in [7, 11) is 0. The average Bonchev–Trinajstić information content (AvgIpc) is 2.93. The van der Waals surface area contributed by atoms with Crippen LogP contribution in [0.1, 0.15) is 69.4 Å².